The van der Waals surface area contributed by atoms with Crippen molar-refractivity contribution in [3.05, 3.63) is 64.5 Å². The lowest BCUT2D eigenvalue weighted by Crippen LogP contribution is -2.18. The zero-order valence-electron chi connectivity index (χ0n) is 13.0. The van der Waals surface area contributed by atoms with E-state index < -0.39 is 0 Å². The van der Waals surface area contributed by atoms with Gasteiger partial charge in [0.1, 0.15) is 0 Å². The molecule has 0 aliphatic heterocycles. The summed E-state index contributed by atoms with van der Waals surface area (Å²) in [6.45, 7) is 2.91. The van der Waals surface area contributed by atoms with E-state index in [1.165, 1.54) is 23.1 Å². The van der Waals surface area contributed by atoms with E-state index in [9.17, 15) is 4.79 Å². The lowest BCUT2D eigenvalue weighted by Gasteiger charge is -2.04. The first-order chi connectivity index (χ1) is 11.2. The van der Waals surface area contributed by atoms with Gasteiger partial charge in [0.25, 0.3) is 5.91 Å². The Kier molecular flexibility index (Phi) is 3.62. The molecular weight excluding hydrogens is 304 g/mol. The van der Waals surface area contributed by atoms with Gasteiger partial charge in [0.2, 0.25) is 0 Å². The number of carbonyl (C=O) groups is 1. The molecule has 0 saturated heterocycles. The van der Waals surface area contributed by atoms with Crippen LogP contribution in [0.15, 0.2) is 53.5 Å². The Hall–Kier alpha value is -2.20. The van der Waals surface area contributed by atoms with Crippen LogP contribution in [0.4, 0.5) is 0 Å². The van der Waals surface area contributed by atoms with E-state index in [2.05, 4.69) is 21.7 Å². The number of aromatic nitrogens is 1. The van der Waals surface area contributed by atoms with Crippen LogP contribution >= 0.6 is 11.3 Å². The van der Waals surface area contributed by atoms with Crippen molar-refractivity contribution in [1.82, 2.24) is 4.57 Å². The molecule has 0 atom stereocenters. The van der Waals surface area contributed by atoms with Crippen LogP contribution in [0.2, 0.25) is 0 Å². The summed E-state index contributed by atoms with van der Waals surface area (Å²) in [7, 11) is 0. The molecule has 1 fully saturated rings. The summed E-state index contributed by atoms with van der Waals surface area (Å²) in [5.41, 5.74) is 2.83. The quantitative estimate of drug-likeness (QED) is 0.713. The maximum atomic E-state index is 12.6. The van der Waals surface area contributed by atoms with Crippen LogP contribution in [0.5, 0.6) is 0 Å². The van der Waals surface area contributed by atoms with Crippen molar-refractivity contribution in [3.8, 4) is 0 Å². The van der Waals surface area contributed by atoms with Crippen LogP contribution in [0.3, 0.4) is 0 Å². The Morgan fingerprint density at radius 2 is 1.91 bits per heavy atom. The number of aryl methyl sites for hydroxylation is 1. The molecule has 0 radical (unpaired) electrons. The molecule has 23 heavy (non-hydrogen) atoms. The van der Waals surface area contributed by atoms with Gasteiger partial charge in [-0.3, -0.25) is 4.79 Å². The summed E-state index contributed by atoms with van der Waals surface area (Å²) in [6.07, 6.45) is 2.56. The van der Waals surface area contributed by atoms with Gasteiger partial charge in [-0.25, -0.2) is 0 Å². The van der Waals surface area contributed by atoms with Crippen LogP contribution in [-0.4, -0.2) is 10.5 Å². The minimum atomic E-state index is -0.154. The van der Waals surface area contributed by atoms with Gasteiger partial charge in [-0.15, -0.1) is 0 Å². The molecule has 1 aliphatic rings. The molecular formula is C19H18N2OS. The summed E-state index contributed by atoms with van der Waals surface area (Å²) in [5, 5.41) is 0. The third-order valence-electron chi connectivity index (χ3n) is 4.30. The normalized spacial score (nSPS) is 15.3. The molecule has 1 aliphatic carbocycles. The highest BCUT2D eigenvalue weighted by molar-refractivity contribution is 7.16. The highest BCUT2D eigenvalue weighted by Gasteiger charge is 2.23. The first-order valence-corrected chi connectivity index (χ1v) is 8.77. The van der Waals surface area contributed by atoms with Gasteiger partial charge < -0.3 is 4.57 Å². The molecule has 4 heteroatoms. The summed E-state index contributed by atoms with van der Waals surface area (Å²) in [6, 6.07) is 15.9. The van der Waals surface area contributed by atoms with E-state index in [0.29, 0.717) is 5.56 Å². The molecule has 3 nitrogen and oxygen atoms in total. The number of hydrogen-bond acceptors (Lipinski definition) is 2. The van der Waals surface area contributed by atoms with Crippen LogP contribution in [0.1, 0.15) is 28.8 Å². The second kappa shape index (κ2) is 5.78. The third kappa shape index (κ3) is 2.86. The van der Waals surface area contributed by atoms with Gasteiger partial charge in [0.15, 0.2) is 4.80 Å². The Balaban J connectivity index is 1.84. The molecule has 116 valence electrons. The number of hydrogen-bond donors (Lipinski definition) is 0. The fourth-order valence-electron chi connectivity index (χ4n) is 2.80. The SMILES string of the molecule is Cc1ccccc1C(=O)/N=c1\sc2ccccc2n1CC1CC1. The highest BCUT2D eigenvalue weighted by atomic mass is 32.1. The van der Waals surface area contributed by atoms with Crippen molar-refractivity contribution in [3.63, 3.8) is 0 Å². The predicted molar refractivity (Wildman–Crippen MR) is 93.6 cm³/mol. The molecule has 0 unspecified atom stereocenters. The minimum absolute atomic E-state index is 0.154. The smallest absolute Gasteiger partial charge is 0.279 e. The average molecular weight is 322 g/mol. The molecule has 0 bridgehead atoms. The van der Waals surface area contributed by atoms with Crippen molar-refractivity contribution in [2.75, 3.05) is 0 Å². The van der Waals surface area contributed by atoms with Crippen LogP contribution in [0, 0.1) is 12.8 Å². The van der Waals surface area contributed by atoms with Crippen LogP contribution < -0.4 is 4.80 Å². The Morgan fingerprint density at radius 1 is 1.17 bits per heavy atom. The Labute approximate surface area is 138 Å². The summed E-state index contributed by atoms with van der Waals surface area (Å²) >= 11 is 1.60. The number of nitrogens with zero attached hydrogens (tertiary/aromatic N) is 2. The van der Waals surface area contributed by atoms with E-state index in [1.807, 2.05) is 43.3 Å². The fraction of sp³-hybridized carbons (Fsp3) is 0.263. The molecule has 1 heterocycles. The molecule has 0 N–H and O–H groups in total. The lowest BCUT2D eigenvalue weighted by atomic mass is 10.1. The second-order valence-corrected chi connectivity index (χ2v) is 7.15. The van der Waals surface area contributed by atoms with E-state index in [0.717, 1.165) is 22.8 Å². The van der Waals surface area contributed by atoms with Gasteiger partial charge in [0.05, 0.1) is 10.2 Å². The van der Waals surface area contributed by atoms with Gasteiger partial charge in [-0.1, -0.05) is 41.7 Å². The standard InChI is InChI=1S/C19H18N2OS/c1-13-6-2-3-7-15(13)18(22)20-19-21(12-14-10-11-14)16-8-4-5-9-17(16)23-19/h2-9,14H,10-12H2,1H3/b20-19-. The summed E-state index contributed by atoms with van der Waals surface area (Å²) in [4.78, 5) is 17.9. The van der Waals surface area contributed by atoms with Crippen molar-refractivity contribution in [2.45, 2.75) is 26.3 Å². The topological polar surface area (TPSA) is 34.4 Å². The molecule has 3 aromatic rings. The number of carbonyl (C=O) groups excluding carboxylic acids is 1. The number of benzene rings is 2. The number of thiazole rings is 1. The summed E-state index contributed by atoms with van der Waals surface area (Å²) in [5.74, 6) is 0.583. The molecule has 1 amide bonds. The van der Waals surface area contributed by atoms with Crippen molar-refractivity contribution < 1.29 is 4.79 Å². The van der Waals surface area contributed by atoms with Crippen molar-refractivity contribution >= 4 is 27.5 Å². The van der Waals surface area contributed by atoms with Crippen LogP contribution in [-0.2, 0) is 6.54 Å². The maximum absolute atomic E-state index is 12.6. The second-order valence-electron chi connectivity index (χ2n) is 6.14. The van der Waals surface area contributed by atoms with Crippen molar-refractivity contribution in [2.24, 2.45) is 10.9 Å². The first-order valence-electron chi connectivity index (χ1n) is 7.95. The Bertz CT molecular complexity index is 947. The van der Waals surface area contributed by atoms with Gasteiger partial charge in [-0.05, 0) is 49.4 Å². The van der Waals surface area contributed by atoms with E-state index >= 15 is 0 Å². The fourth-order valence-corrected chi connectivity index (χ4v) is 3.84. The Morgan fingerprint density at radius 3 is 2.70 bits per heavy atom. The largest absolute Gasteiger partial charge is 0.316 e. The number of fused-ring (bicyclic) bond motifs is 1. The average Bonchev–Trinajstić information content (AvgIpc) is 3.31. The number of amides is 1. The van der Waals surface area contributed by atoms with Gasteiger partial charge in [0, 0.05) is 12.1 Å². The third-order valence-corrected chi connectivity index (χ3v) is 5.36. The van der Waals surface area contributed by atoms with E-state index in [1.54, 1.807) is 11.3 Å². The predicted octanol–water partition coefficient (Wildman–Crippen LogP) is 4.16. The van der Waals surface area contributed by atoms with Crippen molar-refractivity contribution in [1.29, 1.82) is 0 Å². The molecule has 2 aromatic carbocycles. The lowest BCUT2D eigenvalue weighted by molar-refractivity contribution is 0.0997. The van der Waals surface area contributed by atoms with Gasteiger partial charge >= 0.3 is 0 Å². The highest BCUT2D eigenvalue weighted by Crippen LogP contribution is 2.31. The van der Waals surface area contributed by atoms with E-state index in [-0.39, 0.29) is 5.91 Å². The molecule has 4 rings (SSSR count). The zero-order chi connectivity index (χ0) is 15.8. The molecule has 0 spiro atoms. The molecule has 1 saturated carbocycles. The minimum Gasteiger partial charge on any atom is -0.316 e. The summed E-state index contributed by atoms with van der Waals surface area (Å²) < 4.78 is 3.40. The first kappa shape index (κ1) is 14.4. The maximum Gasteiger partial charge on any atom is 0.279 e. The zero-order valence-corrected chi connectivity index (χ0v) is 13.8. The number of rotatable bonds is 3. The van der Waals surface area contributed by atoms with Gasteiger partial charge in [-0.2, -0.15) is 4.99 Å². The monoisotopic (exact) mass is 322 g/mol. The number of para-hydroxylation sites is 1. The molecule has 1 aromatic heterocycles. The van der Waals surface area contributed by atoms with E-state index in [4.69, 9.17) is 0 Å². The van der Waals surface area contributed by atoms with Crippen LogP contribution in [0.25, 0.3) is 10.2 Å².